The highest BCUT2D eigenvalue weighted by Gasteiger charge is 2.36. The molecular weight excluding hydrogens is 761 g/mol. The molecule has 0 radical (unpaired) electrons. The number of anilines is 3. The lowest BCUT2D eigenvalue weighted by Gasteiger charge is -2.28. The molecule has 1 aliphatic rings. The van der Waals surface area contributed by atoms with Crippen molar-refractivity contribution in [1.29, 1.82) is 0 Å². The van der Waals surface area contributed by atoms with Crippen LogP contribution in [0.2, 0.25) is 0 Å². The van der Waals surface area contributed by atoms with E-state index in [1.54, 1.807) is 0 Å². The predicted molar refractivity (Wildman–Crippen MR) is 267 cm³/mol. The molecule has 0 unspecified atom stereocenters. The molecule has 0 saturated carbocycles. The van der Waals surface area contributed by atoms with Crippen molar-refractivity contribution in [2.24, 2.45) is 0 Å². The van der Waals surface area contributed by atoms with Gasteiger partial charge in [0.15, 0.2) is 0 Å². The van der Waals surface area contributed by atoms with E-state index in [1.807, 2.05) is 0 Å². The molecule has 0 spiro atoms. The van der Waals surface area contributed by atoms with Crippen molar-refractivity contribution >= 4 is 49.6 Å². The molecule has 2 nitrogen and oxygen atoms in total. The summed E-state index contributed by atoms with van der Waals surface area (Å²) in [6.07, 6.45) is 0. The Bertz CT molecular complexity index is 3470. The van der Waals surface area contributed by atoms with Crippen LogP contribution in [0.1, 0.15) is 25.0 Å². The molecule has 1 aliphatic carbocycles. The van der Waals surface area contributed by atoms with Crippen LogP contribution in [0, 0.1) is 0 Å². The predicted octanol–water partition coefficient (Wildman–Crippen LogP) is 16.7. The number of nitrogens with zero attached hydrogens (tertiary/aromatic N) is 2. The van der Waals surface area contributed by atoms with E-state index in [2.05, 4.69) is 254 Å². The van der Waals surface area contributed by atoms with Crippen LogP contribution in [-0.2, 0) is 5.41 Å². The largest absolute Gasteiger partial charge is 0.310 e. The third-order valence-corrected chi connectivity index (χ3v) is 13.4. The highest BCUT2D eigenvalue weighted by molar-refractivity contribution is 6.09. The van der Waals surface area contributed by atoms with Gasteiger partial charge in [0.2, 0.25) is 0 Å². The summed E-state index contributed by atoms with van der Waals surface area (Å²) in [7, 11) is 0. The molecule has 0 amide bonds. The standard InChI is InChI=1S/C61H44N2/c1-61(2)57-39-49(34-36-53(57)54-37-35-50(40-58(54)61)63-59-22-12-10-20-55(59)56-21-11-13-23-60(56)63)62(47-30-26-42(27-31-47)46-25-24-41-14-6-7-17-45(41)38-46)48-32-28-44(29-33-48)52-19-9-8-18-51(52)43-15-4-3-5-16-43/h3-40H,1-2H3. The fourth-order valence-electron chi connectivity index (χ4n) is 10.2. The topological polar surface area (TPSA) is 8.17 Å². The zero-order valence-corrected chi connectivity index (χ0v) is 35.3. The number of benzene rings is 10. The quantitative estimate of drug-likeness (QED) is 0.156. The second-order valence-electron chi connectivity index (χ2n) is 17.4. The lowest BCUT2D eigenvalue weighted by molar-refractivity contribution is 0.660. The molecule has 1 heterocycles. The van der Waals surface area contributed by atoms with Crippen molar-refractivity contribution in [2.75, 3.05) is 4.90 Å². The minimum Gasteiger partial charge on any atom is -0.310 e. The molecule has 0 saturated heterocycles. The molecule has 0 aliphatic heterocycles. The van der Waals surface area contributed by atoms with Crippen LogP contribution in [0.15, 0.2) is 231 Å². The molecule has 2 heteroatoms. The van der Waals surface area contributed by atoms with Crippen molar-refractivity contribution in [3.05, 3.63) is 242 Å². The first-order valence-corrected chi connectivity index (χ1v) is 21.9. The SMILES string of the molecule is CC1(C)c2cc(N(c3ccc(-c4ccc5ccccc5c4)cc3)c3ccc(-c4ccccc4-c4ccccc4)cc3)ccc2-c2ccc(-n3c4ccccc4c4ccccc43)cc21. The number of para-hydroxylation sites is 2. The van der Waals surface area contributed by atoms with Gasteiger partial charge < -0.3 is 9.47 Å². The number of hydrogen-bond acceptors (Lipinski definition) is 1. The second kappa shape index (κ2) is 14.6. The number of aromatic nitrogens is 1. The average molecular weight is 805 g/mol. The number of fused-ring (bicyclic) bond motifs is 7. The molecule has 1 aromatic heterocycles. The van der Waals surface area contributed by atoms with Crippen LogP contribution in [0.25, 0.3) is 82.8 Å². The molecule has 0 bridgehead atoms. The minimum atomic E-state index is -0.230. The zero-order valence-electron chi connectivity index (χ0n) is 35.3. The van der Waals surface area contributed by atoms with Gasteiger partial charge in [0.05, 0.1) is 11.0 Å². The summed E-state index contributed by atoms with van der Waals surface area (Å²) in [5, 5.41) is 5.06. The van der Waals surface area contributed by atoms with Crippen molar-refractivity contribution < 1.29 is 0 Å². The molecule has 298 valence electrons. The summed E-state index contributed by atoms with van der Waals surface area (Å²) in [4.78, 5) is 2.42. The van der Waals surface area contributed by atoms with Crippen molar-refractivity contribution in [2.45, 2.75) is 19.3 Å². The zero-order chi connectivity index (χ0) is 42.1. The van der Waals surface area contributed by atoms with Crippen LogP contribution in [0.5, 0.6) is 0 Å². The molecule has 0 atom stereocenters. The fourth-order valence-corrected chi connectivity index (χ4v) is 10.2. The number of rotatable bonds is 7. The average Bonchev–Trinajstić information content (AvgIpc) is 3.80. The van der Waals surface area contributed by atoms with E-state index in [4.69, 9.17) is 0 Å². The molecule has 10 aromatic carbocycles. The molecule has 11 aromatic rings. The summed E-state index contributed by atoms with van der Waals surface area (Å²) in [6.45, 7) is 4.78. The van der Waals surface area contributed by atoms with Gasteiger partial charge in [-0.3, -0.25) is 0 Å². The van der Waals surface area contributed by atoms with Crippen molar-refractivity contribution in [3.8, 4) is 50.2 Å². The van der Waals surface area contributed by atoms with E-state index < -0.39 is 0 Å². The summed E-state index contributed by atoms with van der Waals surface area (Å²) in [5.41, 5.74) is 19.3. The maximum Gasteiger partial charge on any atom is 0.0541 e. The van der Waals surface area contributed by atoms with Crippen LogP contribution in [0.4, 0.5) is 17.1 Å². The van der Waals surface area contributed by atoms with Gasteiger partial charge in [-0.05, 0) is 133 Å². The van der Waals surface area contributed by atoms with Gasteiger partial charge >= 0.3 is 0 Å². The number of hydrogen-bond donors (Lipinski definition) is 0. The van der Waals surface area contributed by atoms with Gasteiger partial charge in [-0.1, -0.05) is 178 Å². The van der Waals surface area contributed by atoms with E-state index in [-0.39, 0.29) is 5.41 Å². The van der Waals surface area contributed by atoms with Gasteiger partial charge in [0.25, 0.3) is 0 Å². The first-order chi connectivity index (χ1) is 31.0. The maximum atomic E-state index is 2.44. The Hall–Kier alpha value is -7.94. The van der Waals surface area contributed by atoms with Gasteiger partial charge in [-0.25, -0.2) is 0 Å². The fraction of sp³-hybridized carbons (Fsp3) is 0.0492. The molecule has 0 fully saturated rings. The Morgan fingerprint density at radius 3 is 1.49 bits per heavy atom. The van der Waals surface area contributed by atoms with Crippen molar-refractivity contribution in [3.63, 3.8) is 0 Å². The normalized spacial score (nSPS) is 12.7. The van der Waals surface area contributed by atoms with Crippen LogP contribution < -0.4 is 4.90 Å². The third kappa shape index (κ3) is 6.09. The molecule has 0 N–H and O–H groups in total. The van der Waals surface area contributed by atoms with Crippen LogP contribution >= 0.6 is 0 Å². The van der Waals surface area contributed by atoms with E-state index in [9.17, 15) is 0 Å². The Labute approximate surface area is 368 Å². The first kappa shape index (κ1) is 36.9. The first-order valence-electron chi connectivity index (χ1n) is 21.9. The summed E-state index contributed by atoms with van der Waals surface area (Å²) >= 11 is 0. The van der Waals surface area contributed by atoms with E-state index >= 15 is 0 Å². The Morgan fingerprint density at radius 1 is 0.333 bits per heavy atom. The third-order valence-electron chi connectivity index (χ3n) is 13.4. The van der Waals surface area contributed by atoms with Crippen LogP contribution in [-0.4, -0.2) is 4.57 Å². The minimum absolute atomic E-state index is 0.230. The smallest absolute Gasteiger partial charge is 0.0541 e. The van der Waals surface area contributed by atoms with E-state index in [0.29, 0.717) is 0 Å². The van der Waals surface area contributed by atoms with Crippen LogP contribution in [0.3, 0.4) is 0 Å². The monoisotopic (exact) mass is 804 g/mol. The Morgan fingerprint density at radius 2 is 0.825 bits per heavy atom. The highest BCUT2D eigenvalue weighted by Crippen LogP contribution is 2.52. The van der Waals surface area contributed by atoms with Gasteiger partial charge in [0, 0.05) is 38.9 Å². The second-order valence-corrected chi connectivity index (χ2v) is 17.4. The summed E-state index contributed by atoms with van der Waals surface area (Å²) in [6, 6.07) is 84.6. The van der Waals surface area contributed by atoms with Gasteiger partial charge in [-0.15, -0.1) is 0 Å². The summed E-state index contributed by atoms with van der Waals surface area (Å²) in [5.74, 6) is 0. The molecule has 12 rings (SSSR count). The van der Waals surface area contributed by atoms with E-state index in [1.165, 1.54) is 93.9 Å². The Kier molecular flexibility index (Phi) is 8.55. The molecular formula is C61H44N2. The highest BCUT2D eigenvalue weighted by atomic mass is 15.1. The Balaban J connectivity index is 0.958. The maximum absolute atomic E-state index is 2.44. The molecule has 63 heavy (non-hydrogen) atoms. The summed E-state index contributed by atoms with van der Waals surface area (Å²) < 4.78 is 2.43. The van der Waals surface area contributed by atoms with Gasteiger partial charge in [0.1, 0.15) is 0 Å². The van der Waals surface area contributed by atoms with E-state index in [0.717, 1.165) is 17.1 Å². The van der Waals surface area contributed by atoms with Crippen molar-refractivity contribution in [1.82, 2.24) is 4.57 Å². The lowest BCUT2D eigenvalue weighted by Crippen LogP contribution is -2.17. The lowest BCUT2D eigenvalue weighted by atomic mass is 9.82. The van der Waals surface area contributed by atoms with Gasteiger partial charge in [-0.2, -0.15) is 0 Å².